The standard InChI is InChI=1S/C22H27FN6O3S/c1-3-33(30,31)27-19-10-9-18(21(19)14-4-7-17(23)8-5-14)24-13-16-12-15(6-11-20(16)32-2)22-25-28-29-26-22/h4-8,11-12,18-19,21,24,27H,3,9-10,13H2,1-2H3,(H,25,26,28,29). The van der Waals surface area contributed by atoms with Crippen LogP contribution in [-0.2, 0) is 16.6 Å². The first-order valence-corrected chi connectivity index (χ1v) is 12.4. The van der Waals surface area contributed by atoms with Crippen LogP contribution in [0.25, 0.3) is 11.4 Å². The van der Waals surface area contributed by atoms with Crippen LogP contribution >= 0.6 is 0 Å². The van der Waals surface area contributed by atoms with E-state index in [2.05, 4.69) is 30.7 Å². The summed E-state index contributed by atoms with van der Waals surface area (Å²) in [6, 6.07) is 11.7. The summed E-state index contributed by atoms with van der Waals surface area (Å²) in [6.45, 7) is 2.11. The Labute approximate surface area is 192 Å². The number of benzene rings is 2. The van der Waals surface area contributed by atoms with Gasteiger partial charge < -0.3 is 10.1 Å². The molecule has 1 aliphatic carbocycles. The number of halogens is 1. The number of methoxy groups -OCH3 is 1. The van der Waals surface area contributed by atoms with Gasteiger partial charge in [-0.15, -0.1) is 5.10 Å². The van der Waals surface area contributed by atoms with E-state index in [0.29, 0.717) is 18.8 Å². The highest BCUT2D eigenvalue weighted by Gasteiger charge is 2.38. The molecular formula is C22H27FN6O3S. The highest BCUT2D eigenvalue weighted by molar-refractivity contribution is 7.89. The summed E-state index contributed by atoms with van der Waals surface area (Å²) in [5.74, 6) is 0.823. The van der Waals surface area contributed by atoms with Crippen molar-refractivity contribution >= 4 is 10.0 Å². The van der Waals surface area contributed by atoms with Crippen molar-refractivity contribution in [3.63, 3.8) is 0 Å². The summed E-state index contributed by atoms with van der Waals surface area (Å²) in [4.78, 5) is 0. The van der Waals surface area contributed by atoms with Crippen LogP contribution in [0.3, 0.4) is 0 Å². The number of hydrogen-bond donors (Lipinski definition) is 3. The molecule has 0 saturated heterocycles. The van der Waals surface area contributed by atoms with Gasteiger partial charge in [0.05, 0.1) is 12.9 Å². The molecule has 3 unspecified atom stereocenters. The Morgan fingerprint density at radius 3 is 2.58 bits per heavy atom. The van der Waals surface area contributed by atoms with Crippen LogP contribution in [0.2, 0.25) is 0 Å². The van der Waals surface area contributed by atoms with E-state index >= 15 is 0 Å². The quantitative estimate of drug-likeness (QED) is 0.435. The number of rotatable bonds is 9. The van der Waals surface area contributed by atoms with E-state index in [9.17, 15) is 12.8 Å². The number of H-pyrrole nitrogens is 1. The van der Waals surface area contributed by atoms with Gasteiger partial charge in [-0.3, -0.25) is 0 Å². The third-order valence-corrected chi connectivity index (χ3v) is 7.50. The van der Waals surface area contributed by atoms with Crippen LogP contribution < -0.4 is 14.8 Å². The number of sulfonamides is 1. The van der Waals surface area contributed by atoms with Gasteiger partial charge in [0, 0.05) is 35.7 Å². The van der Waals surface area contributed by atoms with Gasteiger partial charge in [0.15, 0.2) is 5.82 Å². The molecule has 2 aromatic carbocycles. The summed E-state index contributed by atoms with van der Waals surface area (Å²) in [6.07, 6.45) is 1.45. The zero-order valence-corrected chi connectivity index (χ0v) is 19.3. The molecule has 0 amide bonds. The van der Waals surface area contributed by atoms with Crippen molar-refractivity contribution in [3.8, 4) is 17.1 Å². The highest BCUT2D eigenvalue weighted by Crippen LogP contribution is 2.36. The van der Waals surface area contributed by atoms with Crippen molar-refractivity contribution in [1.29, 1.82) is 0 Å². The van der Waals surface area contributed by atoms with Gasteiger partial charge in [0.25, 0.3) is 0 Å². The lowest BCUT2D eigenvalue weighted by molar-refractivity contribution is 0.400. The Bertz CT molecular complexity index is 1170. The maximum atomic E-state index is 13.5. The molecule has 0 aliphatic heterocycles. The maximum Gasteiger partial charge on any atom is 0.211 e. The average Bonchev–Trinajstić information content (AvgIpc) is 3.48. The molecule has 3 N–H and O–H groups in total. The molecule has 1 aromatic heterocycles. The van der Waals surface area contributed by atoms with Crippen LogP contribution in [0.15, 0.2) is 42.5 Å². The van der Waals surface area contributed by atoms with Gasteiger partial charge in [-0.05, 0) is 66.1 Å². The molecule has 1 saturated carbocycles. The molecule has 9 nitrogen and oxygen atoms in total. The topological polar surface area (TPSA) is 122 Å². The van der Waals surface area contributed by atoms with Gasteiger partial charge in [-0.2, -0.15) is 0 Å². The molecule has 4 rings (SSSR count). The number of aromatic nitrogens is 4. The van der Waals surface area contributed by atoms with Crippen LogP contribution in [0.5, 0.6) is 5.75 Å². The Hall–Kier alpha value is -2.89. The van der Waals surface area contributed by atoms with Gasteiger partial charge in [-0.25, -0.2) is 22.6 Å². The van der Waals surface area contributed by atoms with Gasteiger partial charge in [0.2, 0.25) is 10.0 Å². The molecule has 33 heavy (non-hydrogen) atoms. The minimum Gasteiger partial charge on any atom is -0.496 e. The third kappa shape index (κ3) is 5.37. The largest absolute Gasteiger partial charge is 0.496 e. The summed E-state index contributed by atoms with van der Waals surface area (Å²) < 4.78 is 46.5. The first-order chi connectivity index (χ1) is 15.9. The van der Waals surface area contributed by atoms with E-state index in [-0.39, 0.29) is 29.6 Å². The number of tetrazole rings is 1. The number of nitrogens with zero attached hydrogens (tertiary/aromatic N) is 3. The minimum atomic E-state index is -3.38. The minimum absolute atomic E-state index is 0.0121. The van der Waals surface area contributed by atoms with Gasteiger partial charge in [0.1, 0.15) is 11.6 Å². The van der Waals surface area contributed by atoms with Crippen LogP contribution in [0.4, 0.5) is 4.39 Å². The van der Waals surface area contributed by atoms with Crippen molar-refractivity contribution in [2.24, 2.45) is 0 Å². The average molecular weight is 475 g/mol. The summed E-state index contributed by atoms with van der Waals surface area (Å²) in [5, 5.41) is 17.5. The molecule has 1 fully saturated rings. The van der Waals surface area contributed by atoms with Gasteiger partial charge in [-0.1, -0.05) is 12.1 Å². The molecule has 3 atom stereocenters. The SMILES string of the molecule is CCS(=O)(=O)NC1CCC(NCc2cc(-c3nnn[nH]3)ccc2OC)C1c1ccc(F)cc1. The summed E-state index contributed by atoms with van der Waals surface area (Å²) in [5.41, 5.74) is 2.64. The third-order valence-electron chi connectivity index (χ3n) is 6.08. The summed E-state index contributed by atoms with van der Waals surface area (Å²) in [7, 11) is -1.77. The van der Waals surface area contributed by atoms with Crippen molar-refractivity contribution in [1.82, 2.24) is 30.7 Å². The zero-order valence-electron chi connectivity index (χ0n) is 18.5. The fourth-order valence-corrected chi connectivity index (χ4v) is 5.30. The molecule has 0 bridgehead atoms. The second kappa shape index (κ2) is 9.94. The Kier molecular flexibility index (Phi) is 7.01. The smallest absolute Gasteiger partial charge is 0.211 e. The fraction of sp³-hybridized carbons (Fsp3) is 0.409. The second-order valence-corrected chi connectivity index (χ2v) is 10.1. The van der Waals surface area contributed by atoms with Crippen LogP contribution in [-0.4, -0.2) is 54.0 Å². The molecule has 11 heteroatoms. The van der Waals surface area contributed by atoms with E-state index in [0.717, 1.165) is 28.9 Å². The highest BCUT2D eigenvalue weighted by atomic mass is 32.2. The Balaban J connectivity index is 1.57. The van der Waals surface area contributed by atoms with E-state index in [1.807, 2.05) is 18.2 Å². The second-order valence-electron chi connectivity index (χ2n) is 8.05. The van der Waals surface area contributed by atoms with E-state index in [1.54, 1.807) is 26.2 Å². The lowest BCUT2D eigenvalue weighted by atomic mass is 9.91. The van der Waals surface area contributed by atoms with Crippen molar-refractivity contribution in [2.75, 3.05) is 12.9 Å². The number of ether oxygens (including phenoxy) is 1. The molecule has 1 heterocycles. The monoisotopic (exact) mass is 474 g/mol. The first kappa shape index (κ1) is 23.3. The first-order valence-electron chi connectivity index (χ1n) is 10.8. The molecule has 0 radical (unpaired) electrons. The number of aromatic amines is 1. The fourth-order valence-electron chi connectivity index (χ4n) is 4.41. The molecule has 0 spiro atoms. The predicted molar refractivity (Wildman–Crippen MR) is 122 cm³/mol. The lowest BCUT2D eigenvalue weighted by Crippen LogP contribution is -2.42. The molecule has 3 aromatic rings. The zero-order chi connectivity index (χ0) is 23.4. The maximum absolute atomic E-state index is 13.5. The van der Waals surface area contributed by atoms with E-state index in [4.69, 9.17) is 4.74 Å². The number of nitrogens with one attached hydrogen (secondary N) is 3. The molecule has 1 aliphatic rings. The van der Waals surface area contributed by atoms with Crippen molar-refractivity contribution < 1.29 is 17.5 Å². The summed E-state index contributed by atoms with van der Waals surface area (Å²) >= 11 is 0. The van der Waals surface area contributed by atoms with Crippen LogP contribution in [0, 0.1) is 5.82 Å². The van der Waals surface area contributed by atoms with E-state index < -0.39 is 10.0 Å². The van der Waals surface area contributed by atoms with Crippen molar-refractivity contribution in [2.45, 2.75) is 44.3 Å². The molecule has 176 valence electrons. The van der Waals surface area contributed by atoms with Gasteiger partial charge >= 0.3 is 0 Å². The Morgan fingerprint density at radius 1 is 1.15 bits per heavy atom. The predicted octanol–water partition coefficient (Wildman–Crippen LogP) is 2.36. The normalized spacial score (nSPS) is 20.8. The number of hydrogen-bond acceptors (Lipinski definition) is 7. The molecular weight excluding hydrogens is 447 g/mol. The van der Waals surface area contributed by atoms with Crippen LogP contribution in [0.1, 0.15) is 36.8 Å². The Morgan fingerprint density at radius 2 is 1.91 bits per heavy atom. The lowest BCUT2D eigenvalue weighted by Gasteiger charge is -2.27. The van der Waals surface area contributed by atoms with Crippen molar-refractivity contribution in [3.05, 3.63) is 59.4 Å². The van der Waals surface area contributed by atoms with E-state index in [1.165, 1.54) is 12.1 Å².